The Morgan fingerprint density at radius 3 is 2.72 bits per heavy atom. The molecule has 2 aromatic heterocycles. The van der Waals surface area contributed by atoms with E-state index in [1.165, 1.54) is 25.3 Å². The summed E-state index contributed by atoms with van der Waals surface area (Å²) in [6, 6.07) is 13.3. The molecule has 0 unspecified atom stereocenters. The number of fused-ring (bicyclic) bond motifs is 3. The molecular formula is C27H23ClFN3O4. The minimum absolute atomic E-state index is 0.0481. The molecule has 0 radical (unpaired) electrons. The molecule has 0 saturated heterocycles. The molecule has 1 aliphatic heterocycles. The number of nitrogens with zero attached hydrogens (tertiary/aromatic N) is 3. The number of amides is 1. The van der Waals surface area contributed by atoms with Crippen LogP contribution in [0.1, 0.15) is 32.7 Å². The molecule has 7 nitrogen and oxygen atoms in total. The Morgan fingerprint density at radius 2 is 1.97 bits per heavy atom. The summed E-state index contributed by atoms with van der Waals surface area (Å²) in [5, 5.41) is 10.4. The Balaban J connectivity index is 1.43. The molecule has 1 aliphatic rings. The second kappa shape index (κ2) is 9.62. The van der Waals surface area contributed by atoms with Crippen molar-refractivity contribution in [2.75, 3.05) is 13.7 Å². The number of carbonyl (C=O) groups is 2. The summed E-state index contributed by atoms with van der Waals surface area (Å²) in [5.41, 5.74) is 4.37. The van der Waals surface area contributed by atoms with Crippen molar-refractivity contribution >= 4 is 34.5 Å². The number of ether oxygens (including phenoxy) is 1. The number of halogens is 2. The lowest BCUT2D eigenvalue weighted by atomic mass is 10.0. The van der Waals surface area contributed by atoms with Crippen LogP contribution in [-0.4, -0.2) is 45.1 Å². The summed E-state index contributed by atoms with van der Waals surface area (Å²) in [7, 11) is 1.40. The van der Waals surface area contributed by atoms with Crippen LogP contribution in [0.3, 0.4) is 0 Å². The van der Waals surface area contributed by atoms with E-state index in [0.717, 1.165) is 27.9 Å². The monoisotopic (exact) mass is 507 g/mol. The second-order valence-electron chi connectivity index (χ2n) is 8.72. The van der Waals surface area contributed by atoms with Gasteiger partial charge in [-0.1, -0.05) is 23.7 Å². The van der Waals surface area contributed by atoms with Crippen LogP contribution < -0.4 is 4.74 Å². The summed E-state index contributed by atoms with van der Waals surface area (Å²) in [6.45, 7) is 1.34. The van der Waals surface area contributed by atoms with Crippen molar-refractivity contribution in [3.05, 3.63) is 93.5 Å². The molecule has 0 bridgehead atoms. The molecule has 0 fully saturated rings. The lowest BCUT2D eigenvalue weighted by molar-refractivity contribution is -0.131. The van der Waals surface area contributed by atoms with E-state index in [-0.39, 0.29) is 28.7 Å². The van der Waals surface area contributed by atoms with Crippen LogP contribution in [0.25, 0.3) is 11.0 Å². The first-order chi connectivity index (χ1) is 17.4. The number of benzene rings is 2. The Morgan fingerprint density at radius 1 is 1.17 bits per heavy atom. The van der Waals surface area contributed by atoms with E-state index in [9.17, 15) is 19.1 Å². The van der Waals surface area contributed by atoms with Crippen LogP contribution in [0.5, 0.6) is 5.75 Å². The number of carbonyl (C=O) groups excluding carboxylic acids is 1. The van der Waals surface area contributed by atoms with Crippen LogP contribution in [0.4, 0.5) is 4.39 Å². The van der Waals surface area contributed by atoms with Crippen LogP contribution in [0.2, 0.25) is 5.02 Å². The summed E-state index contributed by atoms with van der Waals surface area (Å²) in [5.74, 6) is -1.42. The number of rotatable bonds is 6. The van der Waals surface area contributed by atoms with E-state index in [2.05, 4.69) is 4.98 Å². The van der Waals surface area contributed by atoms with E-state index < -0.39 is 11.8 Å². The fraction of sp³-hybridized carbons (Fsp3) is 0.222. The molecule has 3 heterocycles. The van der Waals surface area contributed by atoms with E-state index in [0.29, 0.717) is 31.6 Å². The van der Waals surface area contributed by atoms with Gasteiger partial charge in [0.15, 0.2) is 0 Å². The predicted octanol–water partition coefficient (Wildman–Crippen LogP) is 4.71. The molecule has 9 heteroatoms. The first kappa shape index (κ1) is 23.8. The average Bonchev–Trinajstić information content (AvgIpc) is 3.18. The van der Waals surface area contributed by atoms with Gasteiger partial charge < -0.3 is 19.3 Å². The molecule has 184 valence electrons. The molecule has 2 aromatic carbocycles. The van der Waals surface area contributed by atoms with Gasteiger partial charge in [0.2, 0.25) is 5.91 Å². The van der Waals surface area contributed by atoms with Crippen molar-refractivity contribution < 1.29 is 23.8 Å². The van der Waals surface area contributed by atoms with Crippen LogP contribution >= 0.6 is 11.6 Å². The zero-order valence-corrected chi connectivity index (χ0v) is 20.3. The number of methoxy groups -OCH3 is 1. The van der Waals surface area contributed by atoms with Crippen molar-refractivity contribution in [2.45, 2.75) is 25.9 Å². The average molecular weight is 508 g/mol. The van der Waals surface area contributed by atoms with Crippen molar-refractivity contribution in [1.82, 2.24) is 14.5 Å². The van der Waals surface area contributed by atoms with Gasteiger partial charge in [-0.3, -0.25) is 4.79 Å². The zero-order chi connectivity index (χ0) is 25.4. The van der Waals surface area contributed by atoms with Crippen molar-refractivity contribution in [1.29, 1.82) is 0 Å². The number of hydrogen-bond acceptors (Lipinski definition) is 4. The topological polar surface area (TPSA) is 84.7 Å². The fourth-order valence-electron chi connectivity index (χ4n) is 4.77. The van der Waals surface area contributed by atoms with Gasteiger partial charge in [0.1, 0.15) is 22.8 Å². The number of pyridine rings is 1. The number of aromatic carboxylic acids is 1. The summed E-state index contributed by atoms with van der Waals surface area (Å²) >= 11 is 5.86. The second-order valence-corrected chi connectivity index (χ2v) is 9.12. The highest BCUT2D eigenvalue weighted by Crippen LogP contribution is 2.31. The molecular weight excluding hydrogens is 485 g/mol. The highest BCUT2D eigenvalue weighted by Gasteiger charge is 2.27. The largest absolute Gasteiger partial charge is 0.496 e. The van der Waals surface area contributed by atoms with E-state index in [1.807, 2.05) is 16.7 Å². The molecule has 4 aromatic rings. The van der Waals surface area contributed by atoms with Gasteiger partial charge >= 0.3 is 5.97 Å². The third-order valence-corrected chi connectivity index (χ3v) is 6.85. The number of hydrogen-bond donors (Lipinski definition) is 1. The molecule has 5 rings (SSSR count). The molecule has 0 atom stereocenters. The Bertz CT molecular complexity index is 1500. The Labute approximate surface area is 211 Å². The van der Waals surface area contributed by atoms with Gasteiger partial charge in [-0.2, -0.15) is 0 Å². The van der Waals surface area contributed by atoms with Crippen molar-refractivity contribution in [3.63, 3.8) is 0 Å². The maximum Gasteiger partial charge on any atom is 0.339 e. The quantitative estimate of drug-likeness (QED) is 0.408. The van der Waals surface area contributed by atoms with E-state index >= 15 is 0 Å². The maximum absolute atomic E-state index is 14.1. The van der Waals surface area contributed by atoms with Gasteiger partial charge in [0.25, 0.3) is 0 Å². The summed E-state index contributed by atoms with van der Waals surface area (Å²) < 4.78 is 21.3. The highest BCUT2D eigenvalue weighted by atomic mass is 35.5. The molecule has 36 heavy (non-hydrogen) atoms. The standard InChI is InChI=1S/C27H23ClFN3O4/c1-36-24-12-16(4-6-20(24)27(34)35)13-25(33)31-10-8-18-19-3-2-9-30-26(19)32(23(18)15-31)14-17-5-7-21(28)22(29)11-17/h2-7,9,11-12H,8,10,13-15H2,1H3,(H,34,35). The first-order valence-electron chi connectivity index (χ1n) is 11.4. The smallest absolute Gasteiger partial charge is 0.339 e. The van der Waals surface area contributed by atoms with Crippen LogP contribution in [0, 0.1) is 5.82 Å². The summed E-state index contributed by atoms with van der Waals surface area (Å²) in [6.07, 6.45) is 2.52. The number of carboxylic acids is 1. The van der Waals surface area contributed by atoms with Crippen molar-refractivity contribution in [3.8, 4) is 5.75 Å². The van der Waals surface area contributed by atoms with Gasteiger partial charge in [-0.15, -0.1) is 0 Å². The van der Waals surface area contributed by atoms with Gasteiger partial charge in [0.05, 0.1) is 25.1 Å². The maximum atomic E-state index is 14.1. The lowest BCUT2D eigenvalue weighted by Crippen LogP contribution is -2.37. The predicted molar refractivity (Wildman–Crippen MR) is 133 cm³/mol. The summed E-state index contributed by atoms with van der Waals surface area (Å²) in [4.78, 5) is 31.0. The Hall–Kier alpha value is -3.91. The molecule has 1 amide bonds. The third kappa shape index (κ3) is 4.40. The number of carboxylic acid groups (broad SMARTS) is 1. The normalized spacial score (nSPS) is 13.0. The third-order valence-electron chi connectivity index (χ3n) is 6.54. The van der Waals surface area contributed by atoms with Gasteiger partial charge in [-0.25, -0.2) is 14.2 Å². The number of aromatic nitrogens is 2. The van der Waals surface area contributed by atoms with Gasteiger partial charge in [0, 0.05) is 30.4 Å². The zero-order valence-electron chi connectivity index (χ0n) is 19.5. The highest BCUT2D eigenvalue weighted by molar-refractivity contribution is 6.30. The van der Waals surface area contributed by atoms with Crippen LogP contribution in [0.15, 0.2) is 54.7 Å². The van der Waals surface area contributed by atoms with Gasteiger partial charge in [-0.05, 0) is 59.5 Å². The minimum Gasteiger partial charge on any atom is -0.496 e. The minimum atomic E-state index is -1.09. The molecule has 0 aliphatic carbocycles. The van der Waals surface area contributed by atoms with E-state index in [1.54, 1.807) is 29.3 Å². The Kier molecular flexibility index (Phi) is 6.36. The van der Waals surface area contributed by atoms with Crippen LogP contribution in [-0.2, 0) is 30.7 Å². The molecule has 0 spiro atoms. The van der Waals surface area contributed by atoms with E-state index in [4.69, 9.17) is 16.3 Å². The molecule has 0 saturated carbocycles. The van der Waals surface area contributed by atoms with Crippen molar-refractivity contribution in [2.24, 2.45) is 0 Å². The fourth-order valence-corrected chi connectivity index (χ4v) is 4.89. The lowest BCUT2D eigenvalue weighted by Gasteiger charge is -2.29. The SMILES string of the molecule is COc1cc(CC(=O)N2CCc3c(n(Cc4ccc(Cl)c(F)c4)c4ncccc34)C2)ccc1C(=O)O. The first-order valence-corrected chi connectivity index (χ1v) is 11.8. The molecule has 1 N–H and O–H groups in total.